The van der Waals surface area contributed by atoms with Crippen LogP contribution in [-0.2, 0) is 16.1 Å². The molecular formula is C17H21BrN4O4S. The molecule has 8 nitrogen and oxygen atoms in total. The Balaban J connectivity index is 2.25. The van der Waals surface area contributed by atoms with Gasteiger partial charge in [-0.25, -0.2) is 4.79 Å². The van der Waals surface area contributed by atoms with Crippen LogP contribution < -0.4 is 11.1 Å². The maximum absolute atomic E-state index is 12.6. The minimum absolute atomic E-state index is 0.157. The standard InChI is InChI=1S/C17H21BrN4O4S/c1-8(2)26-17(25)12-10(4)13(14(19)23)27-16(12)21-15(24)9(3)6-22-7-11(18)5-20-22/h5,7-9H,6H2,1-4H3,(H2,19,23)(H,21,24). The zero-order chi connectivity index (χ0) is 20.3. The number of nitrogens with zero attached hydrogens (tertiary/aromatic N) is 2. The fourth-order valence-electron chi connectivity index (χ4n) is 2.39. The molecule has 10 heteroatoms. The van der Waals surface area contributed by atoms with Crippen molar-refractivity contribution in [1.82, 2.24) is 9.78 Å². The van der Waals surface area contributed by atoms with Crippen LogP contribution in [0.1, 0.15) is 46.4 Å². The van der Waals surface area contributed by atoms with Crippen molar-refractivity contribution in [3.8, 4) is 0 Å². The summed E-state index contributed by atoms with van der Waals surface area (Å²) in [5, 5.41) is 7.10. The van der Waals surface area contributed by atoms with Gasteiger partial charge in [-0.3, -0.25) is 14.3 Å². The van der Waals surface area contributed by atoms with Gasteiger partial charge in [0, 0.05) is 6.20 Å². The normalized spacial score (nSPS) is 12.1. The number of aromatic nitrogens is 2. The number of primary amides is 1. The average Bonchev–Trinajstić information content (AvgIpc) is 3.09. The van der Waals surface area contributed by atoms with Gasteiger partial charge in [0.2, 0.25) is 5.91 Å². The molecule has 0 spiro atoms. The van der Waals surface area contributed by atoms with E-state index in [4.69, 9.17) is 10.5 Å². The van der Waals surface area contributed by atoms with Crippen LogP contribution in [0.4, 0.5) is 5.00 Å². The van der Waals surface area contributed by atoms with Gasteiger partial charge in [-0.05, 0) is 42.3 Å². The molecule has 0 saturated carbocycles. The van der Waals surface area contributed by atoms with E-state index in [1.165, 1.54) is 0 Å². The predicted octanol–water partition coefficient (Wildman–Crippen LogP) is 2.95. The lowest BCUT2D eigenvalue weighted by molar-refractivity contribution is -0.119. The van der Waals surface area contributed by atoms with Crippen LogP contribution in [0.2, 0.25) is 0 Å². The van der Waals surface area contributed by atoms with Crippen molar-refractivity contribution in [2.24, 2.45) is 11.7 Å². The van der Waals surface area contributed by atoms with E-state index in [9.17, 15) is 14.4 Å². The second-order valence-electron chi connectivity index (χ2n) is 6.35. The third kappa shape index (κ3) is 5.16. The first kappa shape index (κ1) is 21.1. The number of carbonyl (C=O) groups is 3. The summed E-state index contributed by atoms with van der Waals surface area (Å²) in [7, 11) is 0. The first-order chi connectivity index (χ1) is 12.6. The Bertz CT molecular complexity index is 874. The summed E-state index contributed by atoms with van der Waals surface area (Å²) in [6, 6.07) is 0. The van der Waals surface area contributed by atoms with Gasteiger partial charge >= 0.3 is 5.97 Å². The highest BCUT2D eigenvalue weighted by atomic mass is 79.9. The van der Waals surface area contributed by atoms with Crippen LogP contribution in [0.15, 0.2) is 16.9 Å². The summed E-state index contributed by atoms with van der Waals surface area (Å²) >= 11 is 4.27. The Morgan fingerprint density at radius 2 is 2.04 bits per heavy atom. The van der Waals surface area contributed by atoms with Crippen molar-refractivity contribution in [2.45, 2.75) is 40.3 Å². The number of nitrogens with two attached hydrogens (primary N) is 1. The van der Waals surface area contributed by atoms with E-state index in [1.54, 1.807) is 44.8 Å². The minimum atomic E-state index is -0.661. The summed E-state index contributed by atoms with van der Waals surface area (Å²) in [5.41, 5.74) is 5.94. The molecule has 0 saturated heterocycles. The molecule has 0 aromatic carbocycles. The van der Waals surface area contributed by atoms with Crippen molar-refractivity contribution in [3.63, 3.8) is 0 Å². The highest BCUT2D eigenvalue weighted by Gasteiger charge is 2.27. The molecule has 3 N–H and O–H groups in total. The number of ether oxygens (including phenoxy) is 1. The van der Waals surface area contributed by atoms with E-state index in [0.29, 0.717) is 12.1 Å². The SMILES string of the molecule is Cc1c(C(N)=O)sc(NC(=O)C(C)Cn2cc(Br)cn2)c1C(=O)OC(C)C. The van der Waals surface area contributed by atoms with Crippen LogP contribution in [0.5, 0.6) is 0 Å². The number of hydrogen-bond acceptors (Lipinski definition) is 6. The molecule has 2 heterocycles. The van der Waals surface area contributed by atoms with Crippen molar-refractivity contribution in [3.05, 3.63) is 32.9 Å². The van der Waals surface area contributed by atoms with E-state index in [0.717, 1.165) is 15.8 Å². The van der Waals surface area contributed by atoms with Gasteiger partial charge in [0.15, 0.2) is 0 Å². The van der Waals surface area contributed by atoms with Crippen LogP contribution in [-0.4, -0.2) is 33.7 Å². The molecule has 0 aliphatic heterocycles. The Kier molecular flexibility index (Phi) is 6.77. The van der Waals surface area contributed by atoms with E-state index in [-0.39, 0.29) is 27.5 Å². The molecule has 0 aliphatic rings. The number of esters is 1. The first-order valence-electron chi connectivity index (χ1n) is 8.23. The minimum Gasteiger partial charge on any atom is -0.459 e. The van der Waals surface area contributed by atoms with E-state index >= 15 is 0 Å². The van der Waals surface area contributed by atoms with Gasteiger partial charge in [0.1, 0.15) is 5.00 Å². The highest BCUT2D eigenvalue weighted by Crippen LogP contribution is 2.34. The number of carbonyl (C=O) groups excluding carboxylic acids is 3. The lowest BCUT2D eigenvalue weighted by Crippen LogP contribution is -2.25. The molecule has 27 heavy (non-hydrogen) atoms. The second kappa shape index (κ2) is 8.66. The molecule has 146 valence electrons. The Hall–Kier alpha value is -2.20. The van der Waals surface area contributed by atoms with Gasteiger partial charge in [0.05, 0.1) is 39.7 Å². The van der Waals surface area contributed by atoms with Crippen LogP contribution in [0.25, 0.3) is 0 Å². The molecular weight excluding hydrogens is 436 g/mol. The van der Waals surface area contributed by atoms with Gasteiger partial charge < -0.3 is 15.8 Å². The maximum Gasteiger partial charge on any atom is 0.341 e. The predicted molar refractivity (Wildman–Crippen MR) is 106 cm³/mol. The zero-order valence-corrected chi connectivity index (χ0v) is 17.8. The smallest absolute Gasteiger partial charge is 0.341 e. The number of thiophene rings is 1. The highest BCUT2D eigenvalue weighted by molar-refractivity contribution is 9.10. The molecule has 2 aromatic heterocycles. The summed E-state index contributed by atoms with van der Waals surface area (Å²) in [6.07, 6.45) is 3.05. The van der Waals surface area contributed by atoms with E-state index in [2.05, 4.69) is 26.3 Å². The number of anilines is 1. The number of amides is 2. The molecule has 0 bridgehead atoms. The fourth-order valence-corrected chi connectivity index (χ4v) is 3.77. The largest absolute Gasteiger partial charge is 0.459 e. The van der Waals surface area contributed by atoms with Crippen molar-refractivity contribution >= 4 is 50.1 Å². The molecule has 0 fully saturated rings. The summed E-state index contributed by atoms with van der Waals surface area (Å²) in [6.45, 7) is 7.14. The number of nitrogens with one attached hydrogen (secondary N) is 1. The summed E-state index contributed by atoms with van der Waals surface area (Å²) < 4.78 is 7.69. The summed E-state index contributed by atoms with van der Waals surface area (Å²) in [5.74, 6) is -2.00. The van der Waals surface area contributed by atoms with E-state index < -0.39 is 17.8 Å². The Labute approximate surface area is 169 Å². The fraction of sp³-hybridized carbons (Fsp3) is 0.412. The molecule has 0 aliphatic carbocycles. The lowest BCUT2D eigenvalue weighted by Gasteiger charge is -2.13. The first-order valence-corrected chi connectivity index (χ1v) is 9.84. The van der Waals surface area contributed by atoms with E-state index in [1.807, 2.05) is 0 Å². The average molecular weight is 457 g/mol. The second-order valence-corrected chi connectivity index (χ2v) is 8.29. The molecule has 2 rings (SSSR count). The molecule has 2 aromatic rings. The van der Waals surface area contributed by atoms with Crippen molar-refractivity contribution < 1.29 is 19.1 Å². The Morgan fingerprint density at radius 3 is 2.56 bits per heavy atom. The number of hydrogen-bond donors (Lipinski definition) is 2. The van der Waals surface area contributed by atoms with Gasteiger partial charge in [-0.1, -0.05) is 6.92 Å². The van der Waals surface area contributed by atoms with Crippen LogP contribution in [0.3, 0.4) is 0 Å². The molecule has 0 radical (unpaired) electrons. The van der Waals surface area contributed by atoms with Crippen molar-refractivity contribution in [1.29, 1.82) is 0 Å². The topological polar surface area (TPSA) is 116 Å². The van der Waals surface area contributed by atoms with Gasteiger partial charge in [-0.15, -0.1) is 11.3 Å². The quantitative estimate of drug-likeness (QED) is 0.621. The van der Waals surface area contributed by atoms with Gasteiger partial charge in [-0.2, -0.15) is 5.10 Å². The van der Waals surface area contributed by atoms with Gasteiger partial charge in [0.25, 0.3) is 5.91 Å². The maximum atomic E-state index is 12.6. The number of halogens is 1. The Morgan fingerprint density at radius 1 is 1.37 bits per heavy atom. The van der Waals surface area contributed by atoms with Crippen molar-refractivity contribution in [2.75, 3.05) is 5.32 Å². The molecule has 2 amide bonds. The number of rotatable bonds is 7. The third-order valence-corrected chi connectivity index (χ3v) is 5.30. The molecule has 1 atom stereocenters. The van der Waals surface area contributed by atoms with Crippen LogP contribution >= 0.6 is 27.3 Å². The third-order valence-electron chi connectivity index (χ3n) is 3.66. The monoisotopic (exact) mass is 456 g/mol. The molecule has 1 unspecified atom stereocenters. The lowest BCUT2D eigenvalue weighted by atomic mass is 10.1. The summed E-state index contributed by atoms with van der Waals surface area (Å²) in [4.78, 5) is 36.9. The zero-order valence-electron chi connectivity index (χ0n) is 15.4. The van der Waals surface area contributed by atoms with Crippen LogP contribution in [0, 0.1) is 12.8 Å².